The summed E-state index contributed by atoms with van der Waals surface area (Å²) in [5, 5.41) is 16.9. The fraction of sp³-hybridized carbons (Fsp3) is 0.0541. The largest absolute Gasteiger partial charge is 0.192 e. The van der Waals surface area contributed by atoms with Gasteiger partial charge in [0, 0.05) is 0 Å². The van der Waals surface area contributed by atoms with Gasteiger partial charge in [-0.2, -0.15) is 5.26 Å². The standard InChI is InChI=1S/C37H25N/c38-24-25-18-20-26(21-19-25)28-22-23-35(30-13-5-4-12-29(28)30)37-33-16-8-6-14-31(33)36(27-10-2-1-3-11-27)32-15-7-9-17-34(32)37/h1-2,4-10,12-23H,3,11H2. The average Bonchev–Trinajstić information content (AvgIpc) is 3.00. The second kappa shape index (κ2) is 9.18. The van der Waals surface area contributed by atoms with Crippen LogP contribution in [0, 0.1) is 11.3 Å². The number of allylic oxidation sites excluding steroid dienone is 4. The summed E-state index contributed by atoms with van der Waals surface area (Å²) >= 11 is 0. The smallest absolute Gasteiger partial charge is 0.0991 e. The summed E-state index contributed by atoms with van der Waals surface area (Å²) in [5.41, 5.74) is 8.28. The van der Waals surface area contributed by atoms with Gasteiger partial charge in [-0.25, -0.2) is 0 Å². The summed E-state index contributed by atoms with van der Waals surface area (Å²) in [6.07, 6.45) is 8.89. The third kappa shape index (κ3) is 3.54. The van der Waals surface area contributed by atoms with Crippen molar-refractivity contribution in [2.75, 3.05) is 0 Å². The van der Waals surface area contributed by atoms with E-state index in [2.05, 4.69) is 109 Å². The van der Waals surface area contributed by atoms with Crippen LogP contribution in [0.15, 0.2) is 127 Å². The van der Waals surface area contributed by atoms with E-state index in [1.807, 2.05) is 24.3 Å². The van der Waals surface area contributed by atoms with E-state index in [1.54, 1.807) is 0 Å². The summed E-state index contributed by atoms with van der Waals surface area (Å²) in [7, 11) is 0. The van der Waals surface area contributed by atoms with Gasteiger partial charge in [-0.15, -0.1) is 0 Å². The molecule has 7 rings (SSSR count). The normalized spacial score (nSPS) is 13.1. The zero-order valence-corrected chi connectivity index (χ0v) is 21.0. The van der Waals surface area contributed by atoms with Crippen molar-refractivity contribution in [3.8, 4) is 28.3 Å². The molecule has 1 nitrogen and oxygen atoms in total. The van der Waals surface area contributed by atoms with Gasteiger partial charge in [0.1, 0.15) is 0 Å². The van der Waals surface area contributed by atoms with E-state index in [-0.39, 0.29) is 0 Å². The molecule has 0 amide bonds. The molecule has 0 saturated heterocycles. The van der Waals surface area contributed by atoms with Crippen LogP contribution in [0.2, 0.25) is 0 Å². The first-order valence-electron chi connectivity index (χ1n) is 13.2. The van der Waals surface area contributed by atoms with E-state index in [0.29, 0.717) is 5.56 Å². The molecule has 1 aliphatic rings. The number of hydrogen-bond donors (Lipinski definition) is 0. The minimum Gasteiger partial charge on any atom is -0.192 e. The fourth-order valence-corrected chi connectivity index (χ4v) is 6.07. The Morgan fingerprint density at radius 3 is 1.61 bits per heavy atom. The van der Waals surface area contributed by atoms with Crippen molar-refractivity contribution in [1.82, 2.24) is 0 Å². The highest BCUT2D eigenvalue weighted by Crippen LogP contribution is 2.45. The minimum atomic E-state index is 0.677. The van der Waals surface area contributed by atoms with E-state index < -0.39 is 0 Å². The van der Waals surface area contributed by atoms with Crippen molar-refractivity contribution in [2.24, 2.45) is 0 Å². The lowest BCUT2D eigenvalue weighted by Crippen LogP contribution is -1.96. The van der Waals surface area contributed by atoms with Gasteiger partial charge in [0.25, 0.3) is 0 Å². The Hall–Kier alpha value is -4.93. The van der Waals surface area contributed by atoms with E-state index in [1.165, 1.54) is 60.1 Å². The number of nitriles is 1. The molecule has 0 N–H and O–H groups in total. The van der Waals surface area contributed by atoms with E-state index in [0.717, 1.165) is 18.4 Å². The second-order valence-corrected chi connectivity index (χ2v) is 9.90. The maximum absolute atomic E-state index is 9.25. The molecule has 6 aromatic carbocycles. The van der Waals surface area contributed by atoms with Crippen LogP contribution >= 0.6 is 0 Å². The minimum absolute atomic E-state index is 0.677. The molecule has 1 aliphatic carbocycles. The Morgan fingerprint density at radius 2 is 1.05 bits per heavy atom. The SMILES string of the molecule is N#Cc1ccc(-c2ccc(-c3c4ccccc4c(C4=CC=CCC4)c4ccccc34)c3ccccc23)cc1. The molecule has 0 aromatic heterocycles. The maximum Gasteiger partial charge on any atom is 0.0991 e. The molecule has 0 fully saturated rings. The van der Waals surface area contributed by atoms with Crippen LogP contribution in [0.5, 0.6) is 0 Å². The van der Waals surface area contributed by atoms with Crippen LogP contribution in [0.1, 0.15) is 24.0 Å². The molecule has 0 saturated carbocycles. The first kappa shape index (κ1) is 22.3. The van der Waals surface area contributed by atoms with Crippen molar-refractivity contribution >= 4 is 37.9 Å². The zero-order valence-electron chi connectivity index (χ0n) is 21.0. The van der Waals surface area contributed by atoms with Gasteiger partial charge in [0.05, 0.1) is 11.6 Å². The molecule has 0 heterocycles. The van der Waals surface area contributed by atoms with Gasteiger partial charge >= 0.3 is 0 Å². The molecule has 38 heavy (non-hydrogen) atoms. The lowest BCUT2D eigenvalue weighted by atomic mass is 9.82. The summed E-state index contributed by atoms with van der Waals surface area (Å²) in [4.78, 5) is 0. The van der Waals surface area contributed by atoms with Crippen molar-refractivity contribution < 1.29 is 0 Å². The molecule has 0 spiro atoms. The lowest BCUT2D eigenvalue weighted by Gasteiger charge is -2.21. The third-order valence-electron chi connectivity index (χ3n) is 7.78. The lowest BCUT2D eigenvalue weighted by molar-refractivity contribution is 1.06. The Morgan fingerprint density at radius 1 is 0.526 bits per heavy atom. The summed E-state index contributed by atoms with van der Waals surface area (Å²) < 4.78 is 0. The van der Waals surface area contributed by atoms with Crippen molar-refractivity contribution in [1.29, 1.82) is 5.26 Å². The van der Waals surface area contributed by atoms with Crippen molar-refractivity contribution in [2.45, 2.75) is 12.8 Å². The third-order valence-corrected chi connectivity index (χ3v) is 7.78. The van der Waals surface area contributed by atoms with Gasteiger partial charge < -0.3 is 0 Å². The molecule has 0 bridgehead atoms. The van der Waals surface area contributed by atoms with E-state index in [9.17, 15) is 5.26 Å². The molecule has 1 heteroatoms. The first-order chi connectivity index (χ1) is 18.8. The van der Waals surface area contributed by atoms with Crippen LogP contribution in [-0.4, -0.2) is 0 Å². The van der Waals surface area contributed by atoms with Gasteiger partial charge in [-0.05, 0) is 90.7 Å². The monoisotopic (exact) mass is 483 g/mol. The molecule has 178 valence electrons. The van der Waals surface area contributed by atoms with Crippen molar-refractivity contribution in [3.05, 3.63) is 139 Å². The topological polar surface area (TPSA) is 23.8 Å². The Labute approximate surface area is 222 Å². The summed E-state index contributed by atoms with van der Waals surface area (Å²) in [5.74, 6) is 0. The molecular formula is C37H25N. The van der Waals surface area contributed by atoms with Crippen LogP contribution < -0.4 is 0 Å². The van der Waals surface area contributed by atoms with Crippen LogP contribution in [0.3, 0.4) is 0 Å². The fourth-order valence-electron chi connectivity index (χ4n) is 6.07. The second-order valence-electron chi connectivity index (χ2n) is 9.90. The number of nitrogens with zero attached hydrogens (tertiary/aromatic N) is 1. The molecule has 0 aliphatic heterocycles. The highest BCUT2D eigenvalue weighted by Gasteiger charge is 2.19. The average molecular weight is 484 g/mol. The molecule has 0 unspecified atom stereocenters. The highest BCUT2D eigenvalue weighted by atomic mass is 14.2. The molecule has 0 atom stereocenters. The number of benzene rings is 6. The summed E-state index contributed by atoms with van der Waals surface area (Å²) in [6, 6.07) is 41.1. The van der Waals surface area contributed by atoms with Crippen LogP contribution in [0.4, 0.5) is 0 Å². The Kier molecular flexibility index (Phi) is 5.38. The highest BCUT2D eigenvalue weighted by molar-refractivity contribution is 6.22. The first-order valence-corrected chi connectivity index (χ1v) is 13.2. The predicted molar refractivity (Wildman–Crippen MR) is 161 cm³/mol. The summed E-state index contributed by atoms with van der Waals surface area (Å²) in [6.45, 7) is 0. The van der Waals surface area contributed by atoms with Gasteiger partial charge in [-0.3, -0.25) is 0 Å². The molecular weight excluding hydrogens is 458 g/mol. The molecule has 0 radical (unpaired) electrons. The van der Waals surface area contributed by atoms with Crippen LogP contribution in [-0.2, 0) is 0 Å². The Bertz CT molecular complexity index is 1910. The Balaban J connectivity index is 1.56. The van der Waals surface area contributed by atoms with Gasteiger partial charge in [-0.1, -0.05) is 115 Å². The number of fused-ring (bicyclic) bond motifs is 3. The maximum atomic E-state index is 9.25. The van der Waals surface area contributed by atoms with Gasteiger partial charge in [0.15, 0.2) is 0 Å². The zero-order chi connectivity index (χ0) is 25.5. The number of hydrogen-bond acceptors (Lipinski definition) is 1. The van der Waals surface area contributed by atoms with Crippen molar-refractivity contribution in [3.63, 3.8) is 0 Å². The van der Waals surface area contributed by atoms with Crippen LogP contribution in [0.25, 0.3) is 60.1 Å². The van der Waals surface area contributed by atoms with E-state index in [4.69, 9.17) is 0 Å². The quantitative estimate of drug-likeness (QED) is 0.230. The van der Waals surface area contributed by atoms with Gasteiger partial charge in [0.2, 0.25) is 0 Å². The predicted octanol–water partition coefficient (Wildman–Crippen LogP) is 10.1. The van der Waals surface area contributed by atoms with E-state index >= 15 is 0 Å². The molecule has 6 aromatic rings. The number of rotatable bonds is 3.